The summed E-state index contributed by atoms with van der Waals surface area (Å²) in [6.07, 6.45) is 3.75. The maximum atomic E-state index is 12.4. The van der Waals surface area contributed by atoms with Crippen molar-refractivity contribution in [3.05, 3.63) is 64.8 Å². The maximum Gasteiger partial charge on any atom is 0.321 e. The molecule has 35 heavy (non-hydrogen) atoms. The smallest absolute Gasteiger partial charge is 0.321 e. The van der Waals surface area contributed by atoms with E-state index >= 15 is 0 Å². The van der Waals surface area contributed by atoms with E-state index in [4.69, 9.17) is 5.73 Å². The third-order valence-corrected chi connectivity index (χ3v) is 5.94. The van der Waals surface area contributed by atoms with Crippen LogP contribution in [0.1, 0.15) is 18.4 Å². The minimum atomic E-state index is -0.246. The Labute approximate surface area is 211 Å². The Morgan fingerprint density at radius 2 is 1.71 bits per heavy atom. The number of carbonyl (C=O) groups is 2. The zero-order chi connectivity index (χ0) is 24.6. The number of anilines is 5. The molecule has 0 saturated carbocycles. The van der Waals surface area contributed by atoms with Crippen LogP contribution in [0.25, 0.3) is 0 Å². The Morgan fingerprint density at radius 1 is 1.00 bits per heavy atom. The minimum absolute atomic E-state index is 0.0696. The number of likely N-dealkylation sites (tertiary alicyclic amines) is 1. The molecule has 4 rings (SSSR count). The lowest BCUT2D eigenvalue weighted by Crippen LogP contribution is -2.32. The molecule has 11 heteroatoms. The van der Waals surface area contributed by atoms with Crippen molar-refractivity contribution >= 4 is 56.7 Å². The van der Waals surface area contributed by atoms with Crippen LogP contribution in [0.4, 0.5) is 33.6 Å². The molecule has 6 N–H and O–H groups in total. The van der Waals surface area contributed by atoms with E-state index in [1.807, 2.05) is 47.4 Å². The van der Waals surface area contributed by atoms with Crippen LogP contribution in [-0.4, -0.2) is 46.4 Å². The molecule has 0 unspecified atom stereocenters. The van der Waals surface area contributed by atoms with Crippen LogP contribution in [0.15, 0.2) is 59.2 Å². The van der Waals surface area contributed by atoms with Gasteiger partial charge in [-0.15, -0.1) is 0 Å². The topological polar surface area (TPSA) is 137 Å². The van der Waals surface area contributed by atoms with E-state index in [0.717, 1.165) is 37.2 Å². The molecular formula is C24H27BrN8O2. The fourth-order valence-corrected chi connectivity index (χ4v) is 3.97. The molecule has 2 aromatic carbocycles. The second-order valence-electron chi connectivity index (χ2n) is 8.03. The van der Waals surface area contributed by atoms with E-state index in [2.05, 4.69) is 47.2 Å². The van der Waals surface area contributed by atoms with E-state index in [0.29, 0.717) is 34.2 Å². The summed E-state index contributed by atoms with van der Waals surface area (Å²) in [5.41, 5.74) is 8.45. The number of amides is 3. The van der Waals surface area contributed by atoms with Crippen molar-refractivity contribution in [3.8, 4) is 0 Å². The standard InChI is InChI=1S/C24H27BrN8O2/c25-20-15-28-23(30-18-7-4-8-19(12-18)31-24(35)33-9-1-2-10-33)32-22(20)27-14-16-5-3-6-17(11-16)29-21(34)13-26/h3-8,11-12,15H,1-2,9-10,13-14,26H2,(H,29,34)(H,31,35)(H2,27,28,30,32). The molecular weight excluding hydrogens is 512 g/mol. The summed E-state index contributed by atoms with van der Waals surface area (Å²) in [5, 5.41) is 12.2. The summed E-state index contributed by atoms with van der Waals surface area (Å²) >= 11 is 3.48. The third kappa shape index (κ3) is 6.90. The second-order valence-corrected chi connectivity index (χ2v) is 8.88. The molecule has 0 atom stereocenters. The van der Waals surface area contributed by atoms with Gasteiger partial charge >= 0.3 is 6.03 Å². The highest BCUT2D eigenvalue weighted by molar-refractivity contribution is 9.10. The van der Waals surface area contributed by atoms with Gasteiger partial charge in [-0.2, -0.15) is 4.98 Å². The van der Waals surface area contributed by atoms with Gasteiger partial charge < -0.3 is 31.9 Å². The molecule has 10 nitrogen and oxygen atoms in total. The summed E-state index contributed by atoms with van der Waals surface area (Å²) in [7, 11) is 0. The molecule has 2 heterocycles. The number of carbonyl (C=O) groups excluding carboxylic acids is 2. The molecule has 1 aromatic heterocycles. The number of benzene rings is 2. The highest BCUT2D eigenvalue weighted by atomic mass is 79.9. The highest BCUT2D eigenvalue weighted by Gasteiger charge is 2.17. The quantitative estimate of drug-likeness (QED) is 0.290. The number of nitrogens with zero attached hydrogens (tertiary/aromatic N) is 3. The normalized spacial score (nSPS) is 12.8. The van der Waals surface area contributed by atoms with Crippen LogP contribution in [0.2, 0.25) is 0 Å². The summed E-state index contributed by atoms with van der Waals surface area (Å²) < 4.78 is 0.710. The number of urea groups is 1. The molecule has 0 aliphatic carbocycles. The fourth-order valence-electron chi connectivity index (χ4n) is 3.63. The molecule has 1 fully saturated rings. The Bertz CT molecular complexity index is 1200. The second kappa shape index (κ2) is 11.6. The Morgan fingerprint density at radius 3 is 2.49 bits per heavy atom. The van der Waals surface area contributed by atoms with Crippen molar-refractivity contribution < 1.29 is 9.59 Å². The molecule has 1 aliphatic rings. The van der Waals surface area contributed by atoms with Crippen molar-refractivity contribution in [1.82, 2.24) is 14.9 Å². The molecule has 1 aliphatic heterocycles. The molecule has 0 radical (unpaired) electrons. The van der Waals surface area contributed by atoms with Gasteiger partial charge in [0.15, 0.2) is 0 Å². The fraction of sp³-hybridized carbons (Fsp3) is 0.250. The summed E-state index contributed by atoms with van der Waals surface area (Å²) in [5.74, 6) is 0.768. The van der Waals surface area contributed by atoms with E-state index < -0.39 is 0 Å². The van der Waals surface area contributed by atoms with Gasteiger partial charge in [-0.05, 0) is 64.7 Å². The number of halogens is 1. The van der Waals surface area contributed by atoms with E-state index in [9.17, 15) is 9.59 Å². The van der Waals surface area contributed by atoms with Crippen LogP contribution in [-0.2, 0) is 11.3 Å². The third-order valence-electron chi connectivity index (χ3n) is 5.36. The Hall–Kier alpha value is -3.70. The zero-order valence-corrected chi connectivity index (χ0v) is 20.6. The summed E-state index contributed by atoms with van der Waals surface area (Å²) in [4.78, 5) is 34.6. The number of hydrogen-bond donors (Lipinski definition) is 5. The van der Waals surface area contributed by atoms with Gasteiger partial charge in [-0.1, -0.05) is 18.2 Å². The molecule has 1 saturated heterocycles. The zero-order valence-electron chi connectivity index (χ0n) is 19.1. The molecule has 0 bridgehead atoms. The lowest BCUT2D eigenvalue weighted by molar-refractivity contribution is -0.114. The van der Waals surface area contributed by atoms with Gasteiger partial charge in [0.25, 0.3) is 0 Å². The average Bonchev–Trinajstić information content (AvgIpc) is 3.40. The predicted octanol–water partition coefficient (Wildman–Crippen LogP) is 4.12. The Kier molecular flexibility index (Phi) is 8.11. The first kappa shape index (κ1) is 24.4. The number of nitrogens with two attached hydrogens (primary N) is 1. The van der Waals surface area contributed by atoms with Crippen LogP contribution >= 0.6 is 15.9 Å². The molecule has 182 valence electrons. The highest BCUT2D eigenvalue weighted by Crippen LogP contribution is 2.24. The number of rotatable bonds is 8. The van der Waals surface area contributed by atoms with E-state index in [1.165, 1.54) is 0 Å². The predicted molar refractivity (Wildman–Crippen MR) is 141 cm³/mol. The van der Waals surface area contributed by atoms with Crippen molar-refractivity contribution in [2.75, 3.05) is 40.9 Å². The van der Waals surface area contributed by atoms with Crippen molar-refractivity contribution in [1.29, 1.82) is 0 Å². The van der Waals surface area contributed by atoms with Crippen molar-refractivity contribution in [2.45, 2.75) is 19.4 Å². The SMILES string of the molecule is NCC(=O)Nc1cccc(CNc2nc(Nc3cccc(NC(=O)N4CCCC4)c3)ncc2Br)c1. The first-order valence-corrected chi connectivity index (χ1v) is 12.1. The van der Waals surface area contributed by atoms with Crippen molar-refractivity contribution in [3.63, 3.8) is 0 Å². The first-order chi connectivity index (χ1) is 17.0. The van der Waals surface area contributed by atoms with Gasteiger partial charge in [-0.3, -0.25) is 4.79 Å². The van der Waals surface area contributed by atoms with Crippen LogP contribution in [0.3, 0.4) is 0 Å². The Balaban J connectivity index is 1.39. The largest absolute Gasteiger partial charge is 0.365 e. The molecule has 3 aromatic rings. The number of aromatic nitrogens is 2. The van der Waals surface area contributed by atoms with Crippen LogP contribution < -0.4 is 27.0 Å². The monoisotopic (exact) mass is 538 g/mol. The first-order valence-electron chi connectivity index (χ1n) is 11.3. The van der Waals surface area contributed by atoms with Gasteiger partial charge in [0.1, 0.15) is 5.82 Å². The van der Waals surface area contributed by atoms with Crippen LogP contribution in [0, 0.1) is 0 Å². The van der Waals surface area contributed by atoms with Gasteiger partial charge in [0.05, 0.1) is 11.0 Å². The maximum absolute atomic E-state index is 12.4. The van der Waals surface area contributed by atoms with Crippen LogP contribution in [0.5, 0.6) is 0 Å². The van der Waals surface area contributed by atoms with Gasteiger partial charge in [0, 0.05) is 42.9 Å². The van der Waals surface area contributed by atoms with Crippen molar-refractivity contribution in [2.24, 2.45) is 5.73 Å². The van der Waals surface area contributed by atoms with E-state index in [1.54, 1.807) is 12.3 Å². The van der Waals surface area contributed by atoms with Gasteiger partial charge in [0.2, 0.25) is 11.9 Å². The van der Waals surface area contributed by atoms with Gasteiger partial charge in [-0.25, -0.2) is 9.78 Å². The molecule has 3 amide bonds. The summed E-state index contributed by atoms with van der Waals surface area (Å²) in [6.45, 7) is 2.00. The number of nitrogens with one attached hydrogen (secondary N) is 4. The molecule has 0 spiro atoms. The minimum Gasteiger partial charge on any atom is -0.365 e. The lowest BCUT2D eigenvalue weighted by atomic mass is 10.2. The number of hydrogen-bond acceptors (Lipinski definition) is 7. The average molecular weight is 539 g/mol. The summed E-state index contributed by atoms with van der Waals surface area (Å²) in [6, 6.07) is 14.8. The van der Waals surface area contributed by atoms with E-state index in [-0.39, 0.29) is 18.5 Å². The lowest BCUT2D eigenvalue weighted by Gasteiger charge is -2.16.